The first-order chi connectivity index (χ1) is 32.0. The average molecular weight is 927 g/mol. The Labute approximate surface area is 380 Å². The van der Waals surface area contributed by atoms with Gasteiger partial charge in [-0.3, -0.25) is 38.8 Å². The molecular formula is C45H49F3N12O7. The van der Waals surface area contributed by atoms with Gasteiger partial charge in [-0.15, -0.1) is 0 Å². The van der Waals surface area contributed by atoms with Gasteiger partial charge in [-0.05, 0) is 70.5 Å². The van der Waals surface area contributed by atoms with Crippen molar-refractivity contribution in [3.8, 4) is 5.75 Å². The van der Waals surface area contributed by atoms with Gasteiger partial charge >= 0.3 is 6.18 Å². The molecular weight excluding hydrogens is 878 g/mol. The SMILES string of the molecule is CCn1nc(C)cc1C(=O)Nc1nc2cc(C(N)=O)c3oc(C)cc3c2n1C/C=C/Cn1c(CC(=O)c2cc(C)nn2CC(F)(F)F)nc2cc(C(N)=O)cc(OCCCN3CCOCC3)c21. The van der Waals surface area contributed by atoms with Crippen LogP contribution in [-0.2, 0) is 37.3 Å². The number of Topliss-reactive ketones (excluding diaryl/α,β-unsaturated/α-hetero) is 1. The summed E-state index contributed by atoms with van der Waals surface area (Å²) in [6.07, 6.45) is -0.883. The summed E-state index contributed by atoms with van der Waals surface area (Å²) in [6.45, 7) is 9.80. The van der Waals surface area contributed by atoms with E-state index in [2.05, 4.69) is 20.4 Å². The van der Waals surface area contributed by atoms with Crippen molar-refractivity contribution in [1.82, 2.24) is 43.6 Å². The zero-order valence-electron chi connectivity index (χ0n) is 37.3. The normalized spacial score (nSPS) is 13.7. The summed E-state index contributed by atoms with van der Waals surface area (Å²) in [4.78, 5) is 64.6. The Morgan fingerprint density at radius 2 is 1.54 bits per heavy atom. The van der Waals surface area contributed by atoms with Gasteiger partial charge in [0.25, 0.3) is 11.8 Å². The molecule has 0 radical (unpaired) electrons. The van der Waals surface area contributed by atoms with E-state index in [1.807, 2.05) is 6.92 Å². The molecule has 1 aliphatic heterocycles. The van der Waals surface area contributed by atoms with E-state index < -0.39 is 42.6 Å². The van der Waals surface area contributed by atoms with E-state index in [0.717, 1.165) is 19.6 Å². The third-order valence-corrected chi connectivity index (χ3v) is 11.3. The highest BCUT2D eigenvalue weighted by molar-refractivity contribution is 6.14. The molecule has 0 saturated carbocycles. The Kier molecular flexibility index (Phi) is 13.0. The van der Waals surface area contributed by atoms with Crippen molar-refractivity contribution in [2.24, 2.45) is 11.5 Å². The number of anilines is 1. The molecule has 8 rings (SSSR count). The molecule has 67 heavy (non-hydrogen) atoms. The number of carbonyl (C=O) groups is 4. The van der Waals surface area contributed by atoms with Gasteiger partial charge < -0.3 is 34.5 Å². The number of hydrogen-bond acceptors (Lipinski definition) is 12. The van der Waals surface area contributed by atoms with Crippen LogP contribution in [-0.4, -0.2) is 113 Å². The fourth-order valence-corrected chi connectivity index (χ4v) is 8.35. The molecule has 0 spiro atoms. The number of nitrogens with zero attached hydrogens (tertiary/aromatic N) is 9. The number of halogens is 3. The minimum Gasteiger partial charge on any atom is -0.491 e. The van der Waals surface area contributed by atoms with Crippen LogP contribution in [0.5, 0.6) is 5.75 Å². The standard InChI is InChI=1S/C45H49F3N12O7/c1-5-59-34(18-26(3)54-59)43(64)53-44-52-32-22-30(42(50)63)40-29(19-27(4)67-40)38(32)58(44)11-7-6-10-57-37(23-35(61)33-17-25(2)55-60(33)24-45(46,47)48)51-31-20-28(41(49)62)21-36(39(31)57)66-14-8-9-56-12-15-65-16-13-56/h6-7,17-22H,5,8-16,23-24H2,1-4H3,(H2,49,62)(H2,50,63)(H,52,53,64)/b7-6+. The quantitative estimate of drug-likeness (QED) is 0.0567. The molecule has 0 atom stereocenters. The summed E-state index contributed by atoms with van der Waals surface area (Å²) in [7, 11) is 0. The molecule has 19 nitrogen and oxygen atoms in total. The number of amides is 3. The number of benzene rings is 2. The van der Waals surface area contributed by atoms with E-state index in [-0.39, 0.29) is 70.8 Å². The van der Waals surface area contributed by atoms with E-state index in [9.17, 15) is 32.3 Å². The van der Waals surface area contributed by atoms with Crippen LogP contribution in [0.2, 0.25) is 0 Å². The van der Waals surface area contributed by atoms with Crippen LogP contribution in [0, 0.1) is 20.8 Å². The summed E-state index contributed by atoms with van der Waals surface area (Å²) in [5.41, 5.74) is 14.5. The minimum atomic E-state index is -4.64. The second-order valence-corrected chi connectivity index (χ2v) is 16.3. The number of ether oxygens (including phenoxy) is 2. The predicted octanol–water partition coefficient (Wildman–Crippen LogP) is 5.27. The zero-order chi connectivity index (χ0) is 47.7. The largest absolute Gasteiger partial charge is 0.491 e. The Morgan fingerprint density at radius 3 is 2.22 bits per heavy atom. The number of fused-ring (bicyclic) bond motifs is 4. The lowest BCUT2D eigenvalue weighted by Gasteiger charge is -2.26. The number of hydrogen-bond donors (Lipinski definition) is 3. The fourth-order valence-electron chi connectivity index (χ4n) is 8.35. The molecule has 7 aromatic rings. The van der Waals surface area contributed by atoms with Gasteiger partial charge in [-0.2, -0.15) is 23.4 Å². The molecule has 352 valence electrons. The number of primary amides is 2. The number of alkyl halides is 3. The molecule has 1 fully saturated rings. The average Bonchev–Trinajstić information content (AvgIpc) is 4.09. The van der Waals surface area contributed by atoms with Crippen LogP contribution in [0.15, 0.2) is 53.0 Å². The van der Waals surface area contributed by atoms with E-state index in [1.165, 1.54) is 31.2 Å². The molecule has 0 bridgehead atoms. The number of aromatic nitrogens is 8. The van der Waals surface area contributed by atoms with E-state index in [0.29, 0.717) is 69.9 Å². The summed E-state index contributed by atoms with van der Waals surface area (Å²) in [5.74, 6) is -1.54. The number of nitrogens with one attached hydrogen (secondary N) is 1. The molecule has 5 aromatic heterocycles. The van der Waals surface area contributed by atoms with Crippen molar-refractivity contribution in [3.05, 3.63) is 94.0 Å². The van der Waals surface area contributed by atoms with Crippen molar-refractivity contribution in [1.29, 1.82) is 0 Å². The van der Waals surface area contributed by atoms with Gasteiger partial charge in [0.05, 0.1) is 59.7 Å². The van der Waals surface area contributed by atoms with Crippen molar-refractivity contribution in [3.63, 3.8) is 0 Å². The molecule has 0 unspecified atom stereocenters. The highest BCUT2D eigenvalue weighted by Crippen LogP contribution is 2.34. The van der Waals surface area contributed by atoms with Gasteiger partial charge in [-0.1, -0.05) is 12.2 Å². The smallest absolute Gasteiger partial charge is 0.408 e. The minimum absolute atomic E-state index is 0.0509. The van der Waals surface area contributed by atoms with Gasteiger partial charge in [0.2, 0.25) is 11.9 Å². The molecule has 1 aliphatic rings. The molecule has 3 amide bonds. The lowest BCUT2D eigenvalue weighted by molar-refractivity contribution is -0.142. The Balaban J connectivity index is 1.18. The van der Waals surface area contributed by atoms with Crippen LogP contribution >= 0.6 is 0 Å². The molecule has 1 saturated heterocycles. The first kappa shape index (κ1) is 46.2. The third kappa shape index (κ3) is 9.94. The van der Waals surface area contributed by atoms with E-state index in [4.69, 9.17) is 35.3 Å². The van der Waals surface area contributed by atoms with Gasteiger partial charge in [0, 0.05) is 50.2 Å². The number of furan rings is 1. The molecule has 0 aliphatic carbocycles. The maximum Gasteiger partial charge on any atom is 0.408 e. The molecule has 6 heterocycles. The fraction of sp³-hybridized carbons (Fsp3) is 0.378. The lowest BCUT2D eigenvalue weighted by Crippen LogP contribution is -2.37. The monoisotopic (exact) mass is 926 g/mol. The summed E-state index contributed by atoms with van der Waals surface area (Å²) >= 11 is 0. The van der Waals surface area contributed by atoms with E-state index >= 15 is 0 Å². The molecule has 2 aromatic carbocycles. The Morgan fingerprint density at radius 1 is 0.851 bits per heavy atom. The van der Waals surface area contributed by atoms with Crippen LogP contribution < -0.4 is 21.5 Å². The van der Waals surface area contributed by atoms with Crippen LogP contribution in [0.4, 0.5) is 19.1 Å². The first-order valence-corrected chi connectivity index (χ1v) is 21.6. The number of nitrogens with two attached hydrogens (primary N) is 2. The van der Waals surface area contributed by atoms with Gasteiger partial charge in [-0.25, -0.2) is 9.97 Å². The number of carbonyl (C=O) groups excluding carboxylic acids is 4. The maximum absolute atomic E-state index is 13.9. The molecule has 22 heteroatoms. The van der Waals surface area contributed by atoms with E-state index in [1.54, 1.807) is 51.9 Å². The number of ketones is 1. The van der Waals surface area contributed by atoms with Gasteiger partial charge in [0.15, 0.2) is 5.78 Å². The topological polar surface area (TPSA) is 238 Å². The lowest BCUT2D eigenvalue weighted by atomic mass is 10.1. The third-order valence-electron chi connectivity index (χ3n) is 11.3. The van der Waals surface area contributed by atoms with Crippen molar-refractivity contribution < 1.29 is 46.2 Å². The predicted molar refractivity (Wildman–Crippen MR) is 239 cm³/mol. The highest BCUT2D eigenvalue weighted by atomic mass is 19.4. The van der Waals surface area contributed by atoms with Gasteiger partial charge in [0.1, 0.15) is 46.4 Å². The second-order valence-electron chi connectivity index (χ2n) is 16.3. The maximum atomic E-state index is 13.9. The zero-order valence-corrected chi connectivity index (χ0v) is 37.3. The van der Waals surface area contributed by atoms with Crippen molar-refractivity contribution in [2.75, 3.05) is 44.8 Å². The van der Waals surface area contributed by atoms with Crippen molar-refractivity contribution >= 4 is 62.5 Å². The van der Waals surface area contributed by atoms with Crippen molar-refractivity contribution in [2.45, 2.75) is 72.9 Å². The van der Waals surface area contributed by atoms with Crippen LogP contribution in [0.3, 0.4) is 0 Å². The number of aryl methyl sites for hydroxylation is 4. The Bertz CT molecular complexity index is 3080. The summed E-state index contributed by atoms with van der Waals surface area (Å²) in [5, 5.41) is 11.8. The second kappa shape index (κ2) is 18.9. The first-order valence-electron chi connectivity index (χ1n) is 21.6. The number of allylic oxidation sites excluding steroid dienone is 2. The summed E-state index contributed by atoms with van der Waals surface area (Å²) < 4.78 is 64.1. The number of imidazole rings is 2. The van der Waals surface area contributed by atoms with Crippen LogP contribution in [0.1, 0.15) is 78.0 Å². The summed E-state index contributed by atoms with van der Waals surface area (Å²) in [6, 6.07) is 9.19. The number of morpholine rings is 1. The number of rotatable bonds is 18. The Hall–Kier alpha value is -7.33. The molecule has 5 N–H and O–H groups in total. The van der Waals surface area contributed by atoms with Crippen LogP contribution in [0.25, 0.3) is 33.0 Å². The highest BCUT2D eigenvalue weighted by Gasteiger charge is 2.32.